The first-order valence-electron chi connectivity index (χ1n) is 8.04. The number of hydrogen-bond acceptors (Lipinski definition) is 5. The first kappa shape index (κ1) is 15.4. The SMILES string of the molecule is CCCc1noc(CN(CCC)C2CCC(N)CC2)n1. The molecular formula is C15H28N4O. The van der Waals surface area contributed by atoms with Crippen molar-refractivity contribution < 1.29 is 4.52 Å². The zero-order valence-electron chi connectivity index (χ0n) is 12.8. The average Bonchev–Trinajstić information content (AvgIpc) is 2.87. The van der Waals surface area contributed by atoms with Crippen LogP contribution in [0.1, 0.15) is 64.1 Å². The Balaban J connectivity index is 1.93. The summed E-state index contributed by atoms with van der Waals surface area (Å²) < 4.78 is 5.38. The van der Waals surface area contributed by atoms with Crippen LogP contribution in [0.15, 0.2) is 4.52 Å². The third-order valence-corrected chi connectivity index (χ3v) is 4.09. The molecule has 114 valence electrons. The first-order valence-corrected chi connectivity index (χ1v) is 8.04. The molecule has 1 aliphatic carbocycles. The van der Waals surface area contributed by atoms with E-state index in [1.54, 1.807) is 0 Å². The van der Waals surface area contributed by atoms with Crippen LogP contribution in [-0.2, 0) is 13.0 Å². The molecule has 0 aliphatic heterocycles. The van der Waals surface area contributed by atoms with Gasteiger partial charge in [0.1, 0.15) is 0 Å². The van der Waals surface area contributed by atoms with Crippen molar-refractivity contribution >= 4 is 0 Å². The fourth-order valence-corrected chi connectivity index (χ4v) is 3.00. The van der Waals surface area contributed by atoms with Gasteiger partial charge >= 0.3 is 0 Å². The van der Waals surface area contributed by atoms with Crippen molar-refractivity contribution in [2.75, 3.05) is 6.54 Å². The van der Waals surface area contributed by atoms with Gasteiger partial charge in [-0.15, -0.1) is 0 Å². The molecule has 0 aromatic carbocycles. The minimum absolute atomic E-state index is 0.397. The maximum atomic E-state index is 6.00. The molecule has 1 aromatic heterocycles. The molecule has 0 amide bonds. The molecule has 1 aliphatic rings. The summed E-state index contributed by atoms with van der Waals surface area (Å²) in [5, 5.41) is 4.04. The number of aromatic nitrogens is 2. The standard InChI is InChI=1S/C15H28N4O/c1-3-5-14-17-15(20-18-14)11-19(10-4-2)13-8-6-12(16)7-9-13/h12-13H,3-11,16H2,1-2H3. The zero-order valence-corrected chi connectivity index (χ0v) is 12.8. The van der Waals surface area contributed by atoms with Gasteiger partial charge in [0.2, 0.25) is 5.89 Å². The van der Waals surface area contributed by atoms with E-state index < -0.39 is 0 Å². The van der Waals surface area contributed by atoms with Gasteiger partial charge in [0.05, 0.1) is 6.54 Å². The summed E-state index contributed by atoms with van der Waals surface area (Å²) >= 11 is 0. The lowest BCUT2D eigenvalue weighted by atomic mass is 9.90. The monoisotopic (exact) mass is 280 g/mol. The molecule has 0 radical (unpaired) electrons. The van der Waals surface area contributed by atoms with Crippen LogP contribution >= 0.6 is 0 Å². The predicted octanol–water partition coefficient (Wildman–Crippen LogP) is 2.50. The van der Waals surface area contributed by atoms with Crippen LogP contribution in [-0.4, -0.2) is 33.7 Å². The van der Waals surface area contributed by atoms with Gasteiger partial charge in [-0.05, 0) is 45.1 Å². The van der Waals surface area contributed by atoms with Gasteiger partial charge in [-0.3, -0.25) is 4.90 Å². The number of nitrogens with two attached hydrogens (primary N) is 1. The summed E-state index contributed by atoms with van der Waals surface area (Å²) in [7, 11) is 0. The molecule has 1 fully saturated rings. The Morgan fingerprint density at radius 1 is 1.20 bits per heavy atom. The fraction of sp³-hybridized carbons (Fsp3) is 0.867. The Hall–Kier alpha value is -0.940. The van der Waals surface area contributed by atoms with E-state index in [2.05, 4.69) is 28.9 Å². The lowest BCUT2D eigenvalue weighted by Gasteiger charge is -2.35. The smallest absolute Gasteiger partial charge is 0.240 e. The Morgan fingerprint density at radius 2 is 1.95 bits per heavy atom. The summed E-state index contributed by atoms with van der Waals surface area (Å²) in [5.41, 5.74) is 6.00. The highest BCUT2D eigenvalue weighted by molar-refractivity contribution is 4.89. The minimum atomic E-state index is 0.397. The van der Waals surface area contributed by atoms with Crippen LogP contribution in [0.4, 0.5) is 0 Å². The largest absolute Gasteiger partial charge is 0.338 e. The van der Waals surface area contributed by atoms with E-state index >= 15 is 0 Å². The number of hydrogen-bond donors (Lipinski definition) is 1. The van der Waals surface area contributed by atoms with Gasteiger partial charge in [-0.1, -0.05) is 19.0 Å². The molecule has 5 heteroatoms. The number of rotatable bonds is 7. The molecule has 0 bridgehead atoms. The zero-order chi connectivity index (χ0) is 14.4. The second-order valence-corrected chi connectivity index (χ2v) is 5.89. The topological polar surface area (TPSA) is 68.2 Å². The normalized spacial score (nSPS) is 23.4. The van der Waals surface area contributed by atoms with Crippen LogP contribution in [0.25, 0.3) is 0 Å². The van der Waals surface area contributed by atoms with Crippen molar-refractivity contribution in [1.82, 2.24) is 15.0 Å². The highest BCUT2D eigenvalue weighted by Gasteiger charge is 2.25. The highest BCUT2D eigenvalue weighted by Crippen LogP contribution is 2.23. The average molecular weight is 280 g/mol. The lowest BCUT2D eigenvalue weighted by Crippen LogP contribution is -2.40. The minimum Gasteiger partial charge on any atom is -0.338 e. The second kappa shape index (κ2) is 7.74. The van der Waals surface area contributed by atoms with Crippen LogP contribution in [0.2, 0.25) is 0 Å². The maximum absolute atomic E-state index is 6.00. The summed E-state index contributed by atoms with van der Waals surface area (Å²) in [4.78, 5) is 6.98. The van der Waals surface area contributed by atoms with Crippen molar-refractivity contribution in [2.24, 2.45) is 5.73 Å². The summed E-state index contributed by atoms with van der Waals surface area (Å²) in [6.07, 6.45) is 7.76. The van der Waals surface area contributed by atoms with Gasteiger partial charge in [-0.25, -0.2) is 0 Å². The Kier molecular flexibility index (Phi) is 5.98. The van der Waals surface area contributed by atoms with Crippen LogP contribution < -0.4 is 5.73 Å². The van der Waals surface area contributed by atoms with Crippen LogP contribution in [0.3, 0.4) is 0 Å². The van der Waals surface area contributed by atoms with Gasteiger partial charge in [-0.2, -0.15) is 4.98 Å². The van der Waals surface area contributed by atoms with E-state index in [9.17, 15) is 0 Å². The third kappa shape index (κ3) is 4.28. The van der Waals surface area contributed by atoms with Gasteiger partial charge in [0, 0.05) is 18.5 Å². The number of nitrogens with zero attached hydrogens (tertiary/aromatic N) is 3. The van der Waals surface area contributed by atoms with Gasteiger partial charge in [0.25, 0.3) is 0 Å². The molecule has 0 unspecified atom stereocenters. The Morgan fingerprint density at radius 3 is 2.60 bits per heavy atom. The Labute approximate surface area is 121 Å². The van der Waals surface area contributed by atoms with Crippen molar-refractivity contribution in [1.29, 1.82) is 0 Å². The summed E-state index contributed by atoms with van der Waals surface area (Å²) in [5.74, 6) is 1.60. The van der Waals surface area contributed by atoms with E-state index in [-0.39, 0.29) is 0 Å². The van der Waals surface area contributed by atoms with E-state index in [4.69, 9.17) is 10.3 Å². The molecule has 2 N–H and O–H groups in total. The van der Waals surface area contributed by atoms with Crippen molar-refractivity contribution in [2.45, 2.75) is 77.4 Å². The highest BCUT2D eigenvalue weighted by atomic mass is 16.5. The lowest BCUT2D eigenvalue weighted by molar-refractivity contribution is 0.126. The third-order valence-electron chi connectivity index (χ3n) is 4.09. The molecular weight excluding hydrogens is 252 g/mol. The van der Waals surface area contributed by atoms with Crippen molar-refractivity contribution in [3.05, 3.63) is 11.7 Å². The van der Waals surface area contributed by atoms with E-state index in [1.165, 1.54) is 12.8 Å². The first-order chi connectivity index (χ1) is 9.72. The molecule has 0 saturated heterocycles. The molecule has 1 saturated carbocycles. The van der Waals surface area contributed by atoms with E-state index in [0.717, 1.165) is 56.9 Å². The second-order valence-electron chi connectivity index (χ2n) is 5.89. The van der Waals surface area contributed by atoms with E-state index in [0.29, 0.717) is 12.1 Å². The molecule has 1 aromatic rings. The van der Waals surface area contributed by atoms with Crippen molar-refractivity contribution in [3.63, 3.8) is 0 Å². The van der Waals surface area contributed by atoms with Crippen LogP contribution in [0.5, 0.6) is 0 Å². The van der Waals surface area contributed by atoms with Crippen molar-refractivity contribution in [3.8, 4) is 0 Å². The molecule has 0 atom stereocenters. The fourth-order valence-electron chi connectivity index (χ4n) is 3.00. The molecule has 20 heavy (non-hydrogen) atoms. The molecule has 5 nitrogen and oxygen atoms in total. The van der Waals surface area contributed by atoms with Gasteiger partial charge < -0.3 is 10.3 Å². The quantitative estimate of drug-likeness (QED) is 0.831. The predicted molar refractivity (Wildman–Crippen MR) is 79.2 cm³/mol. The summed E-state index contributed by atoms with van der Waals surface area (Å²) in [6.45, 7) is 6.22. The van der Waals surface area contributed by atoms with E-state index in [1.807, 2.05) is 0 Å². The summed E-state index contributed by atoms with van der Waals surface area (Å²) in [6, 6.07) is 1.02. The Bertz CT molecular complexity index is 385. The molecule has 0 spiro atoms. The number of aryl methyl sites for hydroxylation is 1. The molecule has 1 heterocycles. The van der Waals surface area contributed by atoms with Crippen LogP contribution in [0, 0.1) is 0 Å². The molecule has 2 rings (SSSR count). The maximum Gasteiger partial charge on any atom is 0.240 e. The van der Waals surface area contributed by atoms with Gasteiger partial charge in [0.15, 0.2) is 5.82 Å².